The monoisotopic (exact) mass is 797 g/mol. The number of carboxylic acid groups (broad SMARTS) is 2. The number of Topliss-reactive ketones (excluding diaryl/α,β-unsaturated/α-hetero) is 1. The first-order valence-electron chi connectivity index (χ1n) is 17.1. The van der Waals surface area contributed by atoms with Gasteiger partial charge in [0, 0.05) is 41.5 Å². The number of rotatable bonds is 15. The van der Waals surface area contributed by atoms with Gasteiger partial charge < -0.3 is 35.7 Å². The van der Waals surface area contributed by atoms with E-state index in [1.165, 1.54) is 28.1 Å². The topological polar surface area (TPSA) is 222 Å². The van der Waals surface area contributed by atoms with Crippen molar-refractivity contribution in [3.05, 3.63) is 86.0 Å². The zero-order chi connectivity index (χ0) is 38.7. The molecule has 2 atom stereocenters. The number of benzene rings is 2. The van der Waals surface area contributed by atoms with Crippen LogP contribution in [-0.4, -0.2) is 109 Å². The number of carbonyl (C=O) groups is 5. The highest BCUT2D eigenvalue weighted by Gasteiger charge is 2.55. The van der Waals surface area contributed by atoms with Gasteiger partial charge in [-0.2, -0.15) is 0 Å². The van der Waals surface area contributed by atoms with Crippen molar-refractivity contribution >= 4 is 75.1 Å². The molecule has 0 spiro atoms. The van der Waals surface area contributed by atoms with Gasteiger partial charge in [-0.1, -0.05) is 41.0 Å². The van der Waals surface area contributed by atoms with Crippen molar-refractivity contribution in [2.24, 2.45) is 11.1 Å². The fraction of sp³-hybridized carbons (Fsp3) is 0.361. The molecule has 1 aromatic heterocycles. The van der Waals surface area contributed by atoms with Crippen LogP contribution in [-0.2, 0) is 25.8 Å². The maximum absolute atomic E-state index is 13.7. The second-order valence-electron chi connectivity index (χ2n) is 13.4. The highest BCUT2D eigenvalue weighted by Crippen LogP contribution is 2.46. The molecule has 2 amide bonds. The number of likely N-dealkylation sites (tertiary alicyclic amines) is 1. The minimum atomic E-state index is -1.23. The molecule has 0 radical (unpaired) electrons. The lowest BCUT2D eigenvalue weighted by atomic mass is 9.89. The summed E-state index contributed by atoms with van der Waals surface area (Å²) in [6, 6.07) is 9.37. The Balaban J connectivity index is 1.14. The van der Waals surface area contributed by atoms with Crippen LogP contribution in [0.2, 0.25) is 5.02 Å². The number of β-lactam (4-membered cyclic amide) rings is 1. The number of fused-ring (bicyclic) bond motifs is 1. The van der Waals surface area contributed by atoms with E-state index in [0.29, 0.717) is 40.0 Å². The first-order chi connectivity index (χ1) is 25.8. The van der Waals surface area contributed by atoms with Crippen LogP contribution in [0.3, 0.4) is 0 Å². The van der Waals surface area contributed by atoms with Crippen LogP contribution in [0.4, 0.5) is 5.13 Å². The van der Waals surface area contributed by atoms with E-state index >= 15 is 0 Å². The molecule has 15 nitrogen and oxygen atoms in total. The summed E-state index contributed by atoms with van der Waals surface area (Å²) in [6.07, 6.45) is 1.56. The number of hydrogen-bond donors (Lipinski definition) is 5. The predicted octanol–water partition coefficient (Wildman–Crippen LogP) is 3.88. The number of ketones is 1. The number of anilines is 1. The summed E-state index contributed by atoms with van der Waals surface area (Å²) in [6.45, 7) is 4.15. The standard InChI is InChI=1S/C36H37ClN6O9S2/c1-19-8-9-23(27(37)30(19)45)31(46)39-10-13-43(11-4-5-12-43)15-21-17-53-33-24(32(47)42(33)29(21)35(50)51)14-26(44)28(25-18-54-36(38)40-25)41-52-16-20-6-2-3-7-22(20)34(48)49/h2-3,6-9,18,24,33H,4-5,10-17H2,1H3,(H5-,38,39,40,45,46,48,49,50,51)/p+1/b41-28-/t24-,33-/m1/s1. The van der Waals surface area contributed by atoms with Crippen molar-refractivity contribution in [3.8, 4) is 5.75 Å². The number of halogens is 1. The summed E-state index contributed by atoms with van der Waals surface area (Å²) in [5.41, 5.74) is 7.36. The Morgan fingerprint density at radius 3 is 2.54 bits per heavy atom. The van der Waals surface area contributed by atoms with Gasteiger partial charge in [0.25, 0.3) is 5.91 Å². The predicted molar refractivity (Wildman–Crippen MR) is 201 cm³/mol. The van der Waals surface area contributed by atoms with Gasteiger partial charge in [0.05, 0.1) is 53.6 Å². The number of carboxylic acids is 2. The highest BCUT2D eigenvalue weighted by atomic mass is 35.5. The number of aromatic carboxylic acids is 1. The number of phenols is 1. The second-order valence-corrected chi connectivity index (χ2v) is 15.7. The van der Waals surface area contributed by atoms with E-state index in [1.54, 1.807) is 37.3 Å². The molecule has 4 heterocycles. The van der Waals surface area contributed by atoms with Crippen LogP contribution >= 0.6 is 34.7 Å². The zero-order valence-electron chi connectivity index (χ0n) is 29.1. The van der Waals surface area contributed by atoms with Crippen LogP contribution in [0, 0.1) is 12.8 Å². The summed E-state index contributed by atoms with van der Waals surface area (Å²) >= 11 is 8.69. The molecule has 3 aromatic rings. The number of hydrogen-bond acceptors (Lipinski definition) is 12. The Morgan fingerprint density at radius 1 is 1.11 bits per heavy atom. The number of oxime groups is 1. The summed E-state index contributed by atoms with van der Waals surface area (Å²) in [5.74, 6) is -4.52. The first kappa shape index (κ1) is 38.7. The molecule has 3 aliphatic rings. The fourth-order valence-corrected chi connectivity index (χ4v) is 9.35. The number of phenolic OH excluding ortho intramolecular Hbond substituents is 1. The van der Waals surface area contributed by atoms with Crippen LogP contribution in [0.25, 0.3) is 0 Å². The molecule has 54 heavy (non-hydrogen) atoms. The van der Waals surface area contributed by atoms with Crippen LogP contribution in [0.1, 0.15) is 56.8 Å². The van der Waals surface area contributed by atoms with Crippen molar-refractivity contribution in [3.63, 3.8) is 0 Å². The molecule has 3 aliphatic heterocycles. The molecule has 0 aliphatic carbocycles. The number of quaternary nitrogens is 1. The van der Waals surface area contributed by atoms with Gasteiger partial charge in [-0.3, -0.25) is 19.3 Å². The number of aromatic hydroxyl groups is 1. The van der Waals surface area contributed by atoms with Gasteiger partial charge in [-0.25, -0.2) is 14.6 Å². The third kappa shape index (κ3) is 7.94. The minimum absolute atomic E-state index is 0.0180. The van der Waals surface area contributed by atoms with E-state index < -0.39 is 40.8 Å². The molecule has 2 fully saturated rings. The molecule has 6 N–H and O–H groups in total. The van der Waals surface area contributed by atoms with Crippen LogP contribution in [0.15, 0.2) is 58.2 Å². The van der Waals surface area contributed by atoms with Gasteiger partial charge in [0.15, 0.2) is 16.6 Å². The van der Waals surface area contributed by atoms with Crippen LogP contribution in [0.5, 0.6) is 5.75 Å². The van der Waals surface area contributed by atoms with Crippen LogP contribution < -0.4 is 11.1 Å². The Kier molecular flexibility index (Phi) is 11.6. The minimum Gasteiger partial charge on any atom is -0.506 e. The maximum Gasteiger partial charge on any atom is 0.352 e. The number of thiazole rings is 1. The van der Waals surface area contributed by atoms with E-state index in [2.05, 4.69) is 15.5 Å². The van der Waals surface area contributed by atoms with E-state index in [9.17, 15) is 39.3 Å². The number of aromatic nitrogens is 1. The summed E-state index contributed by atoms with van der Waals surface area (Å²) in [7, 11) is 0. The van der Waals surface area contributed by atoms with E-state index in [1.807, 2.05) is 0 Å². The number of amides is 2. The quantitative estimate of drug-likeness (QED) is 0.0640. The number of nitrogens with two attached hydrogens (primary N) is 1. The van der Waals surface area contributed by atoms with Gasteiger partial charge in [0.2, 0.25) is 5.91 Å². The normalized spacial score (nSPS) is 19.3. The van der Waals surface area contributed by atoms with Gasteiger partial charge >= 0.3 is 11.9 Å². The third-order valence-corrected chi connectivity index (χ3v) is 12.3. The van der Waals surface area contributed by atoms with Crippen molar-refractivity contribution in [1.82, 2.24) is 15.2 Å². The SMILES string of the molecule is Cc1ccc(C(=O)NCC[N+]2(CC3=C(C(=O)O)N4C(=O)[C@@H](CC(=O)/C(=N\OCc5ccccc5C(=O)O)c5csc(N)n5)[C@H]4SC3)CCCC2)c(Cl)c1O. The molecular formula is C36H38ClN6O9S2+. The van der Waals surface area contributed by atoms with Gasteiger partial charge in [-0.15, -0.1) is 23.1 Å². The summed E-state index contributed by atoms with van der Waals surface area (Å²) in [5, 5.41) is 38.0. The maximum atomic E-state index is 13.7. The number of nitrogens with zero attached hydrogens (tertiary/aromatic N) is 4. The molecule has 18 heteroatoms. The third-order valence-electron chi connectivity index (χ3n) is 9.89. The van der Waals surface area contributed by atoms with Crippen molar-refractivity contribution in [1.29, 1.82) is 0 Å². The molecule has 2 aromatic carbocycles. The van der Waals surface area contributed by atoms with Gasteiger partial charge in [-0.05, 0) is 24.6 Å². The van der Waals surface area contributed by atoms with Crippen molar-refractivity contribution < 1.29 is 48.6 Å². The number of aryl methyl sites for hydroxylation is 1. The lowest BCUT2D eigenvalue weighted by Crippen LogP contribution is -2.63. The second kappa shape index (κ2) is 16.2. The average molecular weight is 798 g/mol. The summed E-state index contributed by atoms with van der Waals surface area (Å²) in [4.78, 5) is 75.5. The fourth-order valence-electron chi connectivity index (χ4n) is 7.10. The van der Waals surface area contributed by atoms with Crippen molar-refractivity contribution in [2.75, 3.05) is 44.2 Å². The van der Waals surface area contributed by atoms with E-state index in [4.69, 9.17) is 22.2 Å². The Morgan fingerprint density at radius 2 is 1.85 bits per heavy atom. The molecule has 284 valence electrons. The zero-order valence-corrected chi connectivity index (χ0v) is 31.5. The largest absolute Gasteiger partial charge is 0.506 e. The molecular weight excluding hydrogens is 760 g/mol. The smallest absolute Gasteiger partial charge is 0.352 e. The van der Waals surface area contributed by atoms with E-state index in [-0.39, 0.29) is 63.7 Å². The Labute approximate surface area is 323 Å². The first-order valence-corrected chi connectivity index (χ1v) is 19.4. The summed E-state index contributed by atoms with van der Waals surface area (Å²) < 4.78 is 0.530. The molecule has 0 saturated carbocycles. The van der Waals surface area contributed by atoms with E-state index in [0.717, 1.165) is 37.3 Å². The highest BCUT2D eigenvalue weighted by molar-refractivity contribution is 8.00. The number of aliphatic carboxylic acids is 1. The lowest BCUT2D eigenvalue weighted by Gasteiger charge is -2.50. The molecule has 0 bridgehead atoms. The molecule has 0 unspecified atom stereocenters. The molecule has 6 rings (SSSR count). The number of carbonyl (C=O) groups excluding carboxylic acids is 3. The molecule has 2 saturated heterocycles. The number of thioether (sulfide) groups is 1. The average Bonchev–Trinajstić information content (AvgIpc) is 3.79. The number of nitrogens with one attached hydrogen (secondary N) is 1. The van der Waals surface area contributed by atoms with Gasteiger partial charge in [0.1, 0.15) is 30.3 Å². The van der Waals surface area contributed by atoms with Crippen molar-refractivity contribution in [2.45, 2.75) is 38.2 Å². The lowest BCUT2D eigenvalue weighted by molar-refractivity contribution is -0.911. The Bertz CT molecular complexity index is 2080. The number of nitrogen functional groups attached to an aromatic ring is 1. The Hall–Kier alpha value is -4.97.